The molecule has 1 aromatic heterocycles. The van der Waals surface area contributed by atoms with Crippen molar-refractivity contribution in [3.63, 3.8) is 0 Å². The average Bonchev–Trinajstić information content (AvgIpc) is 3.48. The molecule has 3 N–H and O–H groups in total. The first-order valence-corrected chi connectivity index (χ1v) is 11.4. The van der Waals surface area contributed by atoms with Gasteiger partial charge < -0.3 is 20.5 Å². The Bertz CT molecular complexity index is 1310. The minimum atomic E-state index is 0.260. The van der Waals surface area contributed by atoms with Crippen LogP contribution >= 0.6 is 11.3 Å². The van der Waals surface area contributed by atoms with Gasteiger partial charge in [-0.15, -0.1) is 11.3 Å². The lowest BCUT2D eigenvalue weighted by Gasteiger charge is -2.09. The Balaban J connectivity index is 1.35. The van der Waals surface area contributed by atoms with E-state index in [9.17, 15) is 0 Å². The van der Waals surface area contributed by atoms with Crippen molar-refractivity contribution in [1.82, 2.24) is 5.32 Å². The van der Waals surface area contributed by atoms with E-state index < -0.39 is 0 Å². The van der Waals surface area contributed by atoms with Gasteiger partial charge in [-0.1, -0.05) is 67.2 Å². The van der Waals surface area contributed by atoms with Crippen molar-refractivity contribution >= 4 is 22.9 Å². The summed E-state index contributed by atoms with van der Waals surface area (Å²) in [5.74, 6) is 2.22. The number of hydrogen-bond acceptors (Lipinski definition) is 5. The molecular weight excluding hydrogens is 430 g/mol. The van der Waals surface area contributed by atoms with Crippen molar-refractivity contribution in [2.24, 2.45) is 4.99 Å². The first kappa shape index (κ1) is 20.8. The van der Waals surface area contributed by atoms with Crippen molar-refractivity contribution in [2.45, 2.75) is 6.54 Å². The van der Waals surface area contributed by atoms with Crippen LogP contribution in [-0.2, 0) is 6.54 Å². The normalized spacial score (nSPS) is 12.5. The predicted octanol–water partition coefficient (Wildman–Crippen LogP) is 6.07. The summed E-state index contributed by atoms with van der Waals surface area (Å²) in [4.78, 5) is 6.42. The van der Waals surface area contributed by atoms with E-state index in [0.29, 0.717) is 18.1 Å². The number of nitrogens with one attached hydrogen (secondary N) is 1. The van der Waals surface area contributed by atoms with E-state index in [1.165, 1.54) is 17.3 Å². The Labute approximate surface area is 196 Å². The number of nitrogens with zero attached hydrogens (tertiary/aromatic N) is 1. The van der Waals surface area contributed by atoms with Gasteiger partial charge in [0.25, 0.3) is 0 Å². The van der Waals surface area contributed by atoms with Crippen LogP contribution in [0.5, 0.6) is 11.5 Å². The number of rotatable bonds is 6. The molecule has 164 valence electrons. The van der Waals surface area contributed by atoms with E-state index in [-0.39, 0.29) is 6.79 Å². The zero-order valence-corrected chi connectivity index (χ0v) is 18.8. The third-order valence-corrected chi connectivity index (χ3v) is 6.58. The number of ether oxygens (including phenoxy) is 2. The van der Waals surface area contributed by atoms with Crippen LogP contribution in [0.25, 0.3) is 21.6 Å². The van der Waals surface area contributed by atoms with Gasteiger partial charge in [-0.05, 0) is 40.5 Å². The van der Waals surface area contributed by atoms with Crippen molar-refractivity contribution in [2.75, 3.05) is 12.5 Å². The first-order chi connectivity index (χ1) is 16.2. The Kier molecular flexibility index (Phi) is 5.83. The number of benzene rings is 3. The van der Waals surface area contributed by atoms with E-state index in [2.05, 4.69) is 53.3 Å². The summed E-state index contributed by atoms with van der Waals surface area (Å²) in [6.45, 7) is 4.59. The van der Waals surface area contributed by atoms with Crippen molar-refractivity contribution in [3.8, 4) is 33.1 Å². The summed E-state index contributed by atoms with van der Waals surface area (Å²) in [7, 11) is 0. The molecule has 0 aliphatic carbocycles. The second-order valence-corrected chi connectivity index (χ2v) is 8.59. The number of thiophene rings is 1. The average molecular weight is 454 g/mol. The van der Waals surface area contributed by atoms with E-state index in [1.54, 1.807) is 11.3 Å². The van der Waals surface area contributed by atoms with Crippen LogP contribution in [0.1, 0.15) is 10.4 Å². The number of nitrogens with two attached hydrogens (primary N) is 1. The maximum atomic E-state index is 6.39. The van der Waals surface area contributed by atoms with Crippen molar-refractivity contribution < 1.29 is 9.47 Å². The molecule has 4 aromatic rings. The molecule has 1 aliphatic rings. The SMILES string of the molecule is C=C/N=C(/NCc1ccc2c(c1)OCO2)c1sc(-c2ccc(-c3ccccc3)cc2)cc1N. The fourth-order valence-electron chi connectivity index (χ4n) is 3.70. The predicted molar refractivity (Wildman–Crippen MR) is 136 cm³/mol. The summed E-state index contributed by atoms with van der Waals surface area (Å²) in [5, 5.41) is 3.39. The number of fused-ring (bicyclic) bond motifs is 1. The van der Waals surface area contributed by atoms with Crippen molar-refractivity contribution in [1.29, 1.82) is 0 Å². The molecule has 0 bridgehead atoms. The third kappa shape index (κ3) is 4.47. The van der Waals surface area contributed by atoms with Crippen LogP contribution in [0.2, 0.25) is 0 Å². The van der Waals surface area contributed by atoms with Crippen LogP contribution < -0.4 is 20.5 Å². The highest BCUT2D eigenvalue weighted by Gasteiger charge is 2.16. The fraction of sp³-hybridized carbons (Fsp3) is 0.0741. The van der Waals surface area contributed by atoms with Crippen LogP contribution in [0, 0.1) is 0 Å². The molecule has 0 saturated heterocycles. The number of hydrogen-bond donors (Lipinski definition) is 2. The molecule has 0 unspecified atom stereocenters. The molecule has 0 atom stereocenters. The smallest absolute Gasteiger partial charge is 0.231 e. The van der Waals surface area contributed by atoms with E-state index in [1.807, 2.05) is 42.5 Å². The second kappa shape index (κ2) is 9.22. The summed E-state index contributed by atoms with van der Waals surface area (Å²) in [6, 6.07) is 26.8. The molecule has 2 heterocycles. The van der Waals surface area contributed by atoms with Gasteiger partial charge in [-0.2, -0.15) is 0 Å². The zero-order chi connectivity index (χ0) is 22.6. The highest BCUT2D eigenvalue weighted by atomic mass is 32.1. The minimum Gasteiger partial charge on any atom is -0.454 e. The lowest BCUT2D eigenvalue weighted by molar-refractivity contribution is 0.174. The van der Waals surface area contributed by atoms with E-state index >= 15 is 0 Å². The lowest BCUT2D eigenvalue weighted by atomic mass is 10.0. The number of amidine groups is 1. The molecular formula is C27H23N3O2S. The molecule has 0 saturated carbocycles. The topological polar surface area (TPSA) is 68.9 Å². The molecule has 0 radical (unpaired) electrons. The molecule has 6 heteroatoms. The number of aliphatic imine (C=N–C) groups is 1. The van der Waals surface area contributed by atoms with E-state index in [4.69, 9.17) is 15.2 Å². The largest absolute Gasteiger partial charge is 0.454 e. The Morgan fingerprint density at radius 1 is 0.939 bits per heavy atom. The van der Waals surface area contributed by atoms with Gasteiger partial charge >= 0.3 is 0 Å². The van der Waals surface area contributed by atoms with E-state index in [0.717, 1.165) is 32.4 Å². The lowest BCUT2D eigenvalue weighted by Crippen LogP contribution is -2.23. The summed E-state index contributed by atoms with van der Waals surface area (Å²) >= 11 is 1.61. The van der Waals surface area contributed by atoms with Gasteiger partial charge in [0.15, 0.2) is 11.5 Å². The van der Waals surface area contributed by atoms with Gasteiger partial charge in [0.1, 0.15) is 5.84 Å². The Morgan fingerprint density at radius 3 is 2.45 bits per heavy atom. The molecule has 0 fully saturated rings. The molecule has 0 amide bonds. The Morgan fingerprint density at radius 2 is 1.67 bits per heavy atom. The zero-order valence-electron chi connectivity index (χ0n) is 18.0. The molecule has 3 aromatic carbocycles. The Hall–Kier alpha value is -4.03. The third-order valence-electron chi connectivity index (χ3n) is 5.37. The quantitative estimate of drug-likeness (QED) is 0.274. The van der Waals surface area contributed by atoms with Gasteiger partial charge in [-0.25, -0.2) is 4.99 Å². The monoisotopic (exact) mass is 453 g/mol. The summed E-state index contributed by atoms with van der Waals surface area (Å²) < 4.78 is 10.9. The van der Waals surface area contributed by atoms with Crippen LogP contribution in [-0.4, -0.2) is 12.6 Å². The second-order valence-electron chi connectivity index (χ2n) is 7.54. The molecule has 33 heavy (non-hydrogen) atoms. The fourth-order valence-corrected chi connectivity index (χ4v) is 4.76. The van der Waals surface area contributed by atoms with Gasteiger partial charge in [0.2, 0.25) is 6.79 Å². The number of anilines is 1. The molecule has 5 nitrogen and oxygen atoms in total. The van der Waals surface area contributed by atoms with Crippen LogP contribution in [0.15, 0.2) is 96.6 Å². The van der Waals surface area contributed by atoms with Crippen molar-refractivity contribution in [3.05, 3.63) is 102 Å². The van der Waals surface area contributed by atoms with Gasteiger partial charge in [0.05, 0.1) is 10.6 Å². The van der Waals surface area contributed by atoms with Gasteiger partial charge in [-0.3, -0.25) is 0 Å². The molecule has 0 spiro atoms. The molecule has 5 rings (SSSR count). The number of nitrogen functional groups attached to an aromatic ring is 1. The van der Waals surface area contributed by atoms with Gasteiger partial charge in [0, 0.05) is 17.6 Å². The molecule has 1 aliphatic heterocycles. The minimum absolute atomic E-state index is 0.260. The van der Waals surface area contributed by atoms with Crippen LogP contribution in [0.4, 0.5) is 5.69 Å². The highest BCUT2D eigenvalue weighted by molar-refractivity contribution is 7.18. The summed E-state index contributed by atoms with van der Waals surface area (Å²) in [6.07, 6.45) is 1.52. The maximum Gasteiger partial charge on any atom is 0.231 e. The first-order valence-electron chi connectivity index (χ1n) is 10.6. The maximum absolute atomic E-state index is 6.39. The summed E-state index contributed by atoms with van der Waals surface area (Å²) in [5.41, 5.74) is 11.6. The highest BCUT2D eigenvalue weighted by Crippen LogP contribution is 2.35. The van der Waals surface area contributed by atoms with Crippen LogP contribution in [0.3, 0.4) is 0 Å². The standard InChI is InChI=1S/C27H23N3O2S/c1-2-29-27(30-16-18-8-13-23-24(14-18)32-17-31-23)26-22(28)15-25(33-26)21-11-9-20(10-12-21)19-6-4-3-5-7-19/h2-15H,1,16-17,28H2,(H,29,30).